The molecule has 0 aliphatic heterocycles. The summed E-state index contributed by atoms with van der Waals surface area (Å²) in [4.78, 5) is 0. The van der Waals surface area contributed by atoms with Crippen LogP contribution < -0.4 is 0 Å². The van der Waals surface area contributed by atoms with Gasteiger partial charge in [0.2, 0.25) is 0 Å². The molecule has 0 amide bonds. The second-order valence-electron chi connectivity index (χ2n) is 0. The third-order valence-electron chi connectivity index (χ3n) is 0. The van der Waals surface area contributed by atoms with Crippen LogP contribution in [-0.2, 0) is 25.8 Å². The molecule has 1 nitrogen and oxygen atoms in total. The molecule has 0 aromatic carbocycles. The zero-order valence-corrected chi connectivity index (χ0v) is 9.78. The van der Waals surface area contributed by atoms with Gasteiger partial charge >= 0.3 is 0 Å². The van der Waals surface area contributed by atoms with Crippen LogP contribution in [0.25, 0.3) is 0 Å². The minimum atomic E-state index is 0. The van der Waals surface area contributed by atoms with Crippen LogP contribution >= 0.6 is 34.0 Å². The van der Waals surface area contributed by atoms with E-state index in [1.807, 2.05) is 0 Å². The van der Waals surface area contributed by atoms with Crippen LogP contribution in [0.1, 0.15) is 0 Å². The van der Waals surface area contributed by atoms with Gasteiger partial charge in [0.1, 0.15) is 0 Å². The van der Waals surface area contributed by atoms with E-state index in [2.05, 4.69) is 0 Å². The first-order valence-electron chi connectivity index (χ1n) is 0.447. The molecule has 5 heavy (non-hydrogen) atoms. The van der Waals surface area contributed by atoms with Crippen molar-refractivity contribution in [1.29, 1.82) is 0 Å². The summed E-state index contributed by atoms with van der Waals surface area (Å²) in [7, 11) is 1.00. The van der Waals surface area contributed by atoms with Gasteiger partial charge in [-0.3, -0.25) is 0 Å². The zero-order valence-electron chi connectivity index (χ0n) is 2.76. The van der Waals surface area contributed by atoms with E-state index in [-0.39, 0.29) is 59.8 Å². The first-order valence-corrected chi connectivity index (χ1v) is 0.447. The van der Waals surface area contributed by atoms with Crippen molar-refractivity contribution >= 4 is 34.0 Å². The molecule has 0 saturated carbocycles. The molecular formula is CH6Br2HfO. The Morgan fingerprint density at radius 3 is 1.00 bits per heavy atom. The van der Waals surface area contributed by atoms with Gasteiger partial charge in [-0.2, -0.15) is 0 Å². The van der Waals surface area contributed by atoms with E-state index in [4.69, 9.17) is 5.11 Å². The van der Waals surface area contributed by atoms with Gasteiger partial charge in [0.15, 0.2) is 0 Å². The van der Waals surface area contributed by atoms with Gasteiger partial charge in [-0.1, -0.05) is 0 Å². The van der Waals surface area contributed by atoms with Crippen LogP contribution in [0.15, 0.2) is 0 Å². The number of hydrogen-bond donors (Lipinski definition) is 1. The predicted octanol–water partition coefficient (Wildman–Crippen LogP) is 0.762. The second-order valence-corrected chi connectivity index (χ2v) is 0. The summed E-state index contributed by atoms with van der Waals surface area (Å²) in [5, 5.41) is 7.00. The number of aliphatic hydroxyl groups excluding tert-OH is 1. The van der Waals surface area contributed by atoms with Gasteiger partial charge in [-0.15, -0.1) is 34.0 Å². The van der Waals surface area contributed by atoms with E-state index in [0.717, 1.165) is 7.11 Å². The molecule has 0 bridgehead atoms. The molecule has 0 fully saturated rings. The molecule has 0 radical (unpaired) electrons. The van der Waals surface area contributed by atoms with Crippen molar-refractivity contribution in [1.82, 2.24) is 0 Å². The minimum Gasteiger partial charge on any atom is -0.400 e. The monoisotopic (exact) mass is 372 g/mol. The Morgan fingerprint density at radius 2 is 1.00 bits per heavy atom. The largest absolute Gasteiger partial charge is 0.400 e. The Morgan fingerprint density at radius 1 is 1.00 bits per heavy atom. The molecule has 0 aliphatic rings. The Labute approximate surface area is 71.5 Å². The summed E-state index contributed by atoms with van der Waals surface area (Å²) in [6.07, 6.45) is 0. The zero-order chi connectivity index (χ0) is 2.00. The summed E-state index contributed by atoms with van der Waals surface area (Å²) in [6.45, 7) is 0. The summed E-state index contributed by atoms with van der Waals surface area (Å²) < 4.78 is 0. The third-order valence-corrected chi connectivity index (χ3v) is 0. The summed E-state index contributed by atoms with van der Waals surface area (Å²) in [5.41, 5.74) is 0. The minimum absolute atomic E-state index is 0. The Bertz CT molecular complexity index is 9.61. The van der Waals surface area contributed by atoms with Gasteiger partial charge in [0, 0.05) is 33.0 Å². The second kappa shape index (κ2) is 41.5. The average Bonchev–Trinajstić information content (AvgIpc) is 1.00. The molecule has 0 unspecified atom stereocenters. The fourth-order valence-corrected chi connectivity index (χ4v) is 0. The number of aliphatic hydroxyl groups is 1. The molecule has 0 aliphatic carbocycles. The molecular weight excluding hydrogens is 366 g/mol. The molecule has 4 heteroatoms. The number of hydrogen-bond acceptors (Lipinski definition) is 1. The van der Waals surface area contributed by atoms with Crippen LogP contribution in [0.5, 0.6) is 0 Å². The van der Waals surface area contributed by atoms with Gasteiger partial charge in [-0.25, -0.2) is 0 Å². The third kappa shape index (κ3) is 26.0. The molecule has 0 spiro atoms. The van der Waals surface area contributed by atoms with E-state index in [0.29, 0.717) is 0 Å². The van der Waals surface area contributed by atoms with Gasteiger partial charge in [0.05, 0.1) is 0 Å². The van der Waals surface area contributed by atoms with Crippen LogP contribution in [0.3, 0.4) is 0 Å². The first kappa shape index (κ1) is 29.2. The SMILES string of the molecule is Br.Br.CO.[Hf]. The quantitative estimate of drug-likeness (QED) is 0.623. The Hall–Kier alpha value is 1.79. The molecule has 1 N–H and O–H groups in total. The van der Waals surface area contributed by atoms with Gasteiger partial charge in [-0.05, 0) is 0 Å². The molecule has 34 valence electrons. The van der Waals surface area contributed by atoms with Crippen molar-refractivity contribution in [3.63, 3.8) is 0 Å². The van der Waals surface area contributed by atoms with Crippen LogP contribution in [0, 0.1) is 0 Å². The van der Waals surface area contributed by atoms with Crippen molar-refractivity contribution in [3.8, 4) is 0 Å². The van der Waals surface area contributed by atoms with Crippen LogP contribution in [0.4, 0.5) is 0 Å². The van der Waals surface area contributed by atoms with Gasteiger partial charge in [0.25, 0.3) is 0 Å². The van der Waals surface area contributed by atoms with E-state index in [1.54, 1.807) is 0 Å². The van der Waals surface area contributed by atoms with Crippen LogP contribution in [0.2, 0.25) is 0 Å². The summed E-state index contributed by atoms with van der Waals surface area (Å²) >= 11 is 0. The average molecular weight is 372 g/mol. The van der Waals surface area contributed by atoms with Crippen molar-refractivity contribution in [2.45, 2.75) is 0 Å². The van der Waals surface area contributed by atoms with Crippen molar-refractivity contribution in [2.75, 3.05) is 7.11 Å². The number of rotatable bonds is 0. The fraction of sp³-hybridized carbons (Fsp3) is 1.00. The maximum absolute atomic E-state index is 7.00. The first-order chi connectivity index (χ1) is 1.00. The molecule has 0 heterocycles. The molecule has 0 atom stereocenters. The summed E-state index contributed by atoms with van der Waals surface area (Å²) in [6, 6.07) is 0. The maximum Gasteiger partial charge on any atom is 0.0319 e. The van der Waals surface area contributed by atoms with E-state index >= 15 is 0 Å². The predicted molar refractivity (Wildman–Crippen MR) is 28.8 cm³/mol. The normalized spacial score (nSPS) is 1.20. The molecule has 0 aromatic rings. The van der Waals surface area contributed by atoms with Crippen molar-refractivity contribution in [3.05, 3.63) is 0 Å². The fourth-order valence-electron chi connectivity index (χ4n) is 0. The number of halogens is 2. The van der Waals surface area contributed by atoms with E-state index < -0.39 is 0 Å². The standard InChI is InChI=1S/CH4O.2BrH.Hf/c1-2;;;/h2H,1H3;2*1H;. The molecule has 0 aromatic heterocycles. The maximum atomic E-state index is 7.00. The van der Waals surface area contributed by atoms with Crippen LogP contribution in [-0.4, -0.2) is 12.2 Å². The molecule has 0 rings (SSSR count). The van der Waals surface area contributed by atoms with Crippen molar-refractivity contribution in [2.24, 2.45) is 0 Å². The van der Waals surface area contributed by atoms with Crippen molar-refractivity contribution < 1.29 is 30.9 Å². The van der Waals surface area contributed by atoms with E-state index in [9.17, 15) is 0 Å². The molecule has 0 saturated heterocycles. The summed E-state index contributed by atoms with van der Waals surface area (Å²) in [5.74, 6) is 0. The van der Waals surface area contributed by atoms with Gasteiger partial charge < -0.3 is 5.11 Å². The topological polar surface area (TPSA) is 20.2 Å². The van der Waals surface area contributed by atoms with E-state index in [1.165, 1.54) is 0 Å². The Kier molecular flexibility index (Phi) is 242. The smallest absolute Gasteiger partial charge is 0.0319 e. The Balaban J connectivity index is -0.00000000167.